The van der Waals surface area contributed by atoms with Crippen LogP contribution in [0.15, 0.2) is 54.6 Å². The molecule has 1 unspecified atom stereocenters. The molecule has 2 rings (SSSR count). The standard InChI is InChI=1S/C16H19NO/c1-13-7-5-6-10-15(13)18-16(11-12-17)14-8-3-2-4-9-14/h2-10,16H,11-12,17H2,1H3. The average Bonchev–Trinajstić information content (AvgIpc) is 2.42. The van der Waals surface area contributed by atoms with Gasteiger partial charge in [-0.25, -0.2) is 0 Å². The van der Waals surface area contributed by atoms with Gasteiger partial charge in [0.25, 0.3) is 0 Å². The molecule has 94 valence electrons. The molecule has 2 aromatic rings. The first kappa shape index (κ1) is 12.7. The highest BCUT2D eigenvalue weighted by molar-refractivity contribution is 5.32. The van der Waals surface area contributed by atoms with Gasteiger partial charge >= 0.3 is 0 Å². The molecule has 0 heterocycles. The lowest BCUT2D eigenvalue weighted by Crippen LogP contribution is -2.13. The van der Waals surface area contributed by atoms with Crippen LogP contribution in [0.5, 0.6) is 5.75 Å². The Morgan fingerprint density at radius 2 is 1.67 bits per heavy atom. The zero-order valence-electron chi connectivity index (χ0n) is 10.7. The third kappa shape index (κ3) is 3.11. The molecule has 0 amide bonds. The Morgan fingerprint density at radius 3 is 2.33 bits per heavy atom. The Balaban J connectivity index is 2.19. The predicted molar refractivity (Wildman–Crippen MR) is 74.7 cm³/mol. The Bertz CT molecular complexity index is 481. The Hall–Kier alpha value is -1.80. The van der Waals surface area contributed by atoms with Crippen LogP contribution < -0.4 is 10.5 Å². The zero-order chi connectivity index (χ0) is 12.8. The van der Waals surface area contributed by atoms with Crippen molar-refractivity contribution in [2.75, 3.05) is 6.54 Å². The van der Waals surface area contributed by atoms with Gasteiger partial charge in [-0.15, -0.1) is 0 Å². The molecule has 0 radical (unpaired) electrons. The number of hydrogen-bond donors (Lipinski definition) is 1. The van der Waals surface area contributed by atoms with Crippen molar-refractivity contribution in [2.45, 2.75) is 19.4 Å². The maximum absolute atomic E-state index is 6.09. The Morgan fingerprint density at radius 1 is 1.00 bits per heavy atom. The van der Waals surface area contributed by atoms with Crippen LogP contribution in [-0.2, 0) is 0 Å². The number of nitrogens with two attached hydrogens (primary N) is 1. The number of hydrogen-bond acceptors (Lipinski definition) is 2. The molecule has 0 aliphatic heterocycles. The van der Waals surface area contributed by atoms with Gasteiger partial charge in [-0.05, 0) is 30.7 Å². The fourth-order valence-electron chi connectivity index (χ4n) is 1.95. The second kappa shape index (κ2) is 6.22. The van der Waals surface area contributed by atoms with Crippen LogP contribution in [0, 0.1) is 6.92 Å². The molecule has 0 fully saturated rings. The molecule has 2 aromatic carbocycles. The lowest BCUT2D eigenvalue weighted by atomic mass is 10.1. The van der Waals surface area contributed by atoms with Gasteiger partial charge in [-0.2, -0.15) is 0 Å². The van der Waals surface area contributed by atoms with Crippen molar-refractivity contribution in [2.24, 2.45) is 5.73 Å². The van der Waals surface area contributed by atoms with Crippen LogP contribution >= 0.6 is 0 Å². The van der Waals surface area contributed by atoms with Gasteiger partial charge < -0.3 is 10.5 Å². The molecule has 18 heavy (non-hydrogen) atoms. The van der Waals surface area contributed by atoms with Crippen LogP contribution in [0.1, 0.15) is 23.7 Å². The molecule has 0 aliphatic rings. The van der Waals surface area contributed by atoms with E-state index in [9.17, 15) is 0 Å². The van der Waals surface area contributed by atoms with E-state index < -0.39 is 0 Å². The molecule has 1 atom stereocenters. The number of aryl methyl sites for hydroxylation is 1. The summed E-state index contributed by atoms with van der Waals surface area (Å²) in [7, 11) is 0. The van der Waals surface area contributed by atoms with Crippen molar-refractivity contribution < 1.29 is 4.74 Å². The fourth-order valence-corrected chi connectivity index (χ4v) is 1.95. The number of rotatable bonds is 5. The third-order valence-electron chi connectivity index (χ3n) is 2.96. The van der Waals surface area contributed by atoms with Gasteiger partial charge in [0.1, 0.15) is 11.9 Å². The van der Waals surface area contributed by atoms with E-state index in [2.05, 4.69) is 25.1 Å². The minimum atomic E-state index is 0.0253. The van der Waals surface area contributed by atoms with E-state index >= 15 is 0 Å². The summed E-state index contributed by atoms with van der Waals surface area (Å²) in [4.78, 5) is 0. The highest BCUT2D eigenvalue weighted by atomic mass is 16.5. The van der Waals surface area contributed by atoms with Crippen molar-refractivity contribution >= 4 is 0 Å². The predicted octanol–water partition coefficient (Wildman–Crippen LogP) is 3.46. The molecule has 2 N–H and O–H groups in total. The molecular formula is C16H19NO. The summed E-state index contributed by atoms with van der Waals surface area (Å²) in [6.45, 7) is 2.67. The Labute approximate surface area is 108 Å². The van der Waals surface area contributed by atoms with E-state index in [0.717, 1.165) is 17.7 Å². The molecule has 0 spiro atoms. The van der Waals surface area contributed by atoms with Crippen molar-refractivity contribution in [3.63, 3.8) is 0 Å². The maximum atomic E-state index is 6.09. The van der Waals surface area contributed by atoms with Gasteiger partial charge in [-0.1, -0.05) is 48.5 Å². The van der Waals surface area contributed by atoms with Crippen LogP contribution in [-0.4, -0.2) is 6.54 Å². The first-order chi connectivity index (χ1) is 8.81. The summed E-state index contributed by atoms with van der Waals surface area (Å²) in [5.41, 5.74) is 8.00. The van der Waals surface area contributed by atoms with Crippen molar-refractivity contribution in [3.8, 4) is 5.75 Å². The summed E-state index contributed by atoms with van der Waals surface area (Å²) in [6.07, 6.45) is 0.843. The van der Waals surface area contributed by atoms with E-state index in [1.54, 1.807) is 0 Å². The first-order valence-electron chi connectivity index (χ1n) is 6.28. The van der Waals surface area contributed by atoms with Gasteiger partial charge in [0, 0.05) is 6.42 Å². The van der Waals surface area contributed by atoms with E-state index in [4.69, 9.17) is 10.5 Å². The normalized spacial score (nSPS) is 12.1. The number of benzene rings is 2. The summed E-state index contributed by atoms with van der Waals surface area (Å²) in [5.74, 6) is 0.930. The van der Waals surface area contributed by atoms with Gasteiger partial charge in [0.05, 0.1) is 0 Å². The van der Waals surface area contributed by atoms with Gasteiger partial charge in [0.2, 0.25) is 0 Å². The highest BCUT2D eigenvalue weighted by Gasteiger charge is 2.13. The average molecular weight is 241 g/mol. The highest BCUT2D eigenvalue weighted by Crippen LogP contribution is 2.26. The monoisotopic (exact) mass is 241 g/mol. The molecule has 0 aromatic heterocycles. The topological polar surface area (TPSA) is 35.2 Å². The summed E-state index contributed by atoms with van der Waals surface area (Å²) in [5, 5.41) is 0. The van der Waals surface area contributed by atoms with E-state index in [-0.39, 0.29) is 6.10 Å². The lowest BCUT2D eigenvalue weighted by Gasteiger charge is -2.20. The van der Waals surface area contributed by atoms with Crippen LogP contribution in [0.3, 0.4) is 0 Å². The third-order valence-corrected chi connectivity index (χ3v) is 2.96. The maximum Gasteiger partial charge on any atom is 0.125 e. The van der Waals surface area contributed by atoms with E-state index in [1.807, 2.05) is 36.4 Å². The largest absolute Gasteiger partial charge is 0.485 e. The van der Waals surface area contributed by atoms with Crippen molar-refractivity contribution in [1.29, 1.82) is 0 Å². The van der Waals surface area contributed by atoms with Crippen LogP contribution in [0.25, 0.3) is 0 Å². The van der Waals surface area contributed by atoms with Crippen molar-refractivity contribution in [3.05, 3.63) is 65.7 Å². The minimum absolute atomic E-state index is 0.0253. The summed E-state index contributed by atoms with van der Waals surface area (Å²) in [6, 6.07) is 18.3. The van der Waals surface area contributed by atoms with Gasteiger partial charge in [-0.3, -0.25) is 0 Å². The fraction of sp³-hybridized carbons (Fsp3) is 0.250. The molecule has 2 nitrogen and oxygen atoms in total. The molecule has 0 aliphatic carbocycles. The lowest BCUT2D eigenvalue weighted by molar-refractivity contribution is 0.196. The van der Waals surface area contributed by atoms with Gasteiger partial charge in [0.15, 0.2) is 0 Å². The minimum Gasteiger partial charge on any atom is -0.485 e. The van der Waals surface area contributed by atoms with Crippen LogP contribution in [0.4, 0.5) is 0 Å². The molecule has 0 bridgehead atoms. The first-order valence-corrected chi connectivity index (χ1v) is 6.28. The number of ether oxygens (including phenoxy) is 1. The molecule has 0 saturated heterocycles. The van der Waals surface area contributed by atoms with E-state index in [0.29, 0.717) is 6.54 Å². The molecule has 2 heteroatoms. The Kier molecular flexibility index (Phi) is 4.37. The summed E-state index contributed by atoms with van der Waals surface area (Å²) < 4.78 is 6.09. The van der Waals surface area contributed by atoms with Crippen molar-refractivity contribution in [1.82, 2.24) is 0 Å². The molecule has 0 saturated carbocycles. The zero-order valence-corrected chi connectivity index (χ0v) is 10.7. The van der Waals surface area contributed by atoms with E-state index in [1.165, 1.54) is 5.56 Å². The quantitative estimate of drug-likeness (QED) is 0.870. The smallest absolute Gasteiger partial charge is 0.125 e. The molecular weight excluding hydrogens is 222 g/mol. The second-order valence-corrected chi connectivity index (χ2v) is 4.36. The summed E-state index contributed by atoms with van der Waals surface area (Å²) >= 11 is 0. The SMILES string of the molecule is Cc1ccccc1OC(CCN)c1ccccc1. The second-order valence-electron chi connectivity index (χ2n) is 4.36. The van der Waals surface area contributed by atoms with Crippen LogP contribution in [0.2, 0.25) is 0 Å². The number of para-hydroxylation sites is 1.